The second-order valence-corrected chi connectivity index (χ2v) is 8.61. The van der Waals surface area contributed by atoms with Gasteiger partial charge in [-0.05, 0) is 36.5 Å². The zero-order chi connectivity index (χ0) is 19.1. The first kappa shape index (κ1) is 19.5. The summed E-state index contributed by atoms with van der Waals surface area (Å²) < 4.78 is 33.8. The lowest BCUT2D eigenvalue weighted by Gasteiger charge is -2.42. The summed E-state index contributed by atoms with van der Waals surface area (Å²) in [5.74, 6) is -2.66. The topological polar surface area (TPSA) is 49.8 Å². The number of hydrogen-bond acceptors (Lipinski definition) is 3. The number of benzene rings is 1. The van der Waals surface area contributed by atoms with Gasteiger partial charge < -0.3 is 9.84 Å². The molecule has 1 amide bonds. The molecule has 1 heterocycles. The highest BCUT2D eigenvalue weighted by molar-refractivity contribution is 9.10. The van der Waals surface area contributed by atoms with Crippen LogP contribution in [0.1, 0.15) is 51.2 Å². The van der Waals surface area contributed by atoms with Gasteiger partial charge in [0.25, 0.3) is 0 Å². The van der Waals surface area contributed by atoms with E-state index < -0.39 is 23.7 Å². The summed E-state index contributed by atoms with van der Waals surface area (Å²) in [6.07, 6.45) is -1.62. The highest BCUT2D eigenvalue weighted by Crippen LogP contribution is 2.48. The van der Waals surface area contributed by atoms with Gasteiger partial charge in [0.1, 0.15) is 5.60 Å². The molecule has 0 bridgehead atoms. The lowest BCUT2D eigenvalue weighted by molar-refractivity contribution is -0.106. The maximum atomic E-state index is 13.6. The van der Waals surface area contributed by atoms with Crippen molar-refractivity contribution in [3.63, 3.8) is 0 Å². The average molecular weight is 432 g/mol. The molecule has 2 unspecified atom stereocenters. The standard InChI is InChI=1S/C19H24BrF2NO3/c1-12(2)16-18(7-9-19(21,22)10-8-18)26-17(25)23(16)11-15(24)13-3-5-14(20)6-4-13/h3-6,12,15-16,24H,7-11H2,1-2H3. The van der Waals surface area contributed by atoms with E-state index in [9.17, 15) is 18.7 Å². The van der Waals surface area contributed by atoms with Crippen LogP contribution < -0.4 is 0 Å². The molecule has 0 aromatic heterocycles. The Kier molecular flexibility index (Phi) is 5.32. The normalized spacial score (nSPS) is 25.6. The van der Waals surface area contributed by atoms with E-state index in [1.807, 2.05) is 26.0 Å². The fourth-order valence-electron chi connectivity index (χ4n) is 4.26. The van der Waals surface area contributed by atoms with Gasteiger partial charge in [-0.2, -0.15) is 0 Å². The third-order valence-electron chi connectivity index (χ3n) is 5.48. The van der Waals surface area contributed by atoms with Crippen molar-refractivity contribution in [2.45, 2.75) is 63.2 Å². The fraction of sp³-hybridized carbons (Fsp3) is 0.632. The summed E-state index contributed by atoms with van der Waals surface area (Å²) in [5.41, 5.74) is -0.188. The zero-order valence-electron chi connectivity index (χ0n) is 14.9. The van der Waals surface area contributed by atoms with E-state index in [2.05, 4.69) is 15.9 Å². The number of ether oxygens (including phenoxy) is 1. The lowest BCUT2D eigenvalue weighted by atomic mass is 9.74. The van der Waals surface area contributed by atoms with Gasteiger partial charge in [0.05, 0.1) is 18.7 Å². The second kappa shape index (κ2) is 7.08. The predicted octanol–water partition coefficient (Wildman–Crippen LogP) is 4.91. The van der Waals surface area contributed by atoms with Gasteiger partial charge in [-0.15, -0.1) is 0 Å². The van der Waals surface area contributed by atoms with E-state index in [0.29, 0.717) is 5.56 Å². The number of aliphatic hydroxyl groups is 1. The van der Waals surface area contributed by atoms with Crippen molar-refractivity contribution >= 4 is 22.0 Å². The van der Waals surface area contributed by atoms with Crippen LogP contribution in [0.15, 0.2) is 28.7 Å². The van der Waals surface area contributed by atoms with Crippen LogP contribution in [0.2, 0.25) is 0 Å². The summed E-state index contributed by atoms with van der Waals surface area (Å²) in [5, 5.41) is 10.6. The van der Waals surface area contributed by atoms with E-state index in [1.54, 1.807) is 12.1 Å². The van der Waals surface area contributed by atoms with Gasteiger partial charge in [-0.1, -0.05) is 41.9 Å². The number of alkyl halides is 2. The Morgan fingerprint density at radius 2 is 1.81 bits per heavy atom. The first-order valence-corrected chi connectivity index (χ1v) is 9.74. The van der Waals surface area contributed by atoms with Crippen LogP contribution in [-0.2, 0) is 4.74 Å². The number of nitrogens with zero attached hydrogens (tertiary/aromatic N) is 1. The lowest BCUT2D eigenvalue weighted by Crippen LogP contribution is -2.52. The number of β-amino-alcohol motifs (C(OH)–C–C–N with tert-alkyl or cyclic N) is 1. The molecule has 1 aliphatic heterocycles. The summed E-state index contributed by atoms with van der Waals surface area (Å²) >= 11 is 3.35. The minimum Gasteiger partial charge on any atom is -0.441 e. The summed E-state index contributed by atoms with van der Waals surface area (Å²) in [6.45, 7) is 4.00. The van der Waals surface area contributed by atoms with Crippen LogP contribution in [0.3, 0.4) is 0 Å². The molecule has 0 radical (unpaired) electrons. The van der Waals surface area contributed by atoms with Crippen molar-refractivity contribution in [1.82, 2.24) is 4.90 Å². The maximum absolute atomic E-state index is 13.6. The van der Waals surface area contributed by atoms with E-state index >= 15 is 0 Å². The average Bonchev–Trinajstić information content (AvgIpc) is 2.83. The van der Waals surface area contributed by atoms with E-state index in [0.717, 1.165) is 4.47 Å². The van der Waals surface area contributed by atoms with Gasteiger partial charge in [-0.3, -0.25) is 4.90 Å². The molecule has 2 aliphatic rings. The van der Waals surface area contributed by atoms with Crippen molar-refractivity contribution in [1.29, 1.82) is 0 Å². The molecular weight excluding hydrogens is 408 g/mol. The molecule has 2 atom stereocenters. The number of carbonyl (C=O) groups is 1. The highest BCUT2D eigenvalue weighted by Gasteiger charge is 2.58. The van der Waals surface area contributed by atoms with Gasteiger partial charge in [0.2, 0.25) is 5.92 Å². The molecule has 26 heavy (non-hydrogen) atoms. The van der Waals surface area contributed by atoms with Crippen LogP contribution in [-0.4, -0.2) is 40.2 Å². The van der Waals surface area contributed by atoms with Crippen molar-refractivity contribution in [2.75, 3.05) is 6.54 Å². The maximum Gasteiger partial charge on any atom is 0.410 e. The number of halogens is 3. The molecule has 1 saturated heterocycles. The van der Waals surface area contributed by atoms with Crippen LogP contribution in [0.4, 0.5) is 13.6 Å². The van der Waals surface area contributed by atoms with Crippen molar-refractivity contribution in [3.8, 4) is 0 Å². The van der Waals surface area contributed by atoms with Crippen LogP contribution in [0, 0.1) is 5.92 Å². The highest BCUT2D eigenvalue weighted by atomic mass is 79.9. The van der Waals surface area contributed by atoms with Gasteiger partial charge in [0.15, 0.2) is 0 Å². The van der Waals surface area contributed by atoms with Gasteiger partial charge in [-0.25, -0.2) is 13.6 Å². The van der Waals surface area contributed by atoms with Crippen LogP contribution in [0.5, 0.6) is 0 Å². The second-order valence-electron chi connectivity index (χ2n) is 7.70. The summed E-state index contributed by atoms with van der Waals surface area (Å²) in [4.78, 5) is 14.1. The molecule has 1 aliphatic carbocycles. The smallest absolute Gasteiger partial charge is 0.410 e. The zero-order valence-corrected chi connectivity index (χ0v) is 16.5. The van der Waals surface area contributed by atoms with E-state index in [-0.39, 0.29) is 44.2 Å². The van der Waals surface area contributed by atoms with Crippen molar-refractivity contribution in [3.05, 3.63) is 34.3 Å². The number of carbonyl (C=O) groups excluding carboxylic acids is 1. The van der Waals surface area contributed by atoms with E-state index in [4.69, 9.17) is 4.74 Å². The quantitative estimate of drug-likeness (QED) is 0.736. The Labute approximate surface area is 160 Å². The Bertz CT molecular complexity index is 655. The number of rotatable bonds is 4. The van der Waals surface area contributed by atoms with Crippen molar-refractivity contribution in [2.24, 2.45) is 5.92 Å². The first-order chi connectivity index (χ1) is 12.1. The van der Waals surface area contributed by atoms with Gasteiger partial charge in [0, 0.05) is 17.3 Å². The Morgan fingerprint density at radius 1 is 1.23 bits per heavy atom. The first-order valence-electron chi connectivity index (χ1n) is 8.94. The molecule has 1 spiro atoms. The Hall–Kier alpha value is -1.21. The molecular formula is C19H24BrF2NO3. The molecule has 1 aromatic carbocycles. The largest absolute Gasteiger partial charge is 0.441 e. The van der Waals surface area contributed by atoms with Crippen LogP contribution >= 0.6 is 15.9 Å². The molecule has 3 rings (SSSR count). The Balaban J connectivity index is 1.80. The Morgan fingerprint density at radius 3 is 2.35 bits per heavy atom. The molecule has 7 heteroatoms. The summed E-state index contributed by atoms with van der Waals surface area (Å²) in [7, 11) is 0. The monoisotopic (exact) mass is 431 g/mol. The molecule has 1 saturated carbocycles. The predicted molar refractivity (Wildman–Crippen MR) is 97.1 cm³/mol. The minimum absolute atomic E-state index is 0.0327. The fourth-order valence-corrected chi connectivity index (χ4v) is 4.52. The van der Waals surface area contributed by atoms with Crippen LogP contribution in [0.25, 0.3) is 0 Å². The number of amides is 1. The van der Waals surface area contributed by atoms with Crippen molar-refractivity contribution < 1.29 is 23.4 Å². The SMILES string of the molecule is CC(C)C1N(CC(O)c2ccc(Br)cc2)C(=O)OC12CCC(F)(F)CC2. The number of hydrogen-bond donors (Lipinski definition) is 1. The molecule has 4 nitrogen and oxygen atoms in total. The molecule has 2 fully saturated rings. The molecule has 1 N–H and O–H groups in total. The third kappa shape index (κ3) is 3.74. The molecule has 1 aromatic rings. The van der Waals surface area contributed by atoms with Gasteiger partial charge >= 0.3 is 6.09 Å². The third-order valence-corrected chi connectivity index (χ3v) is 6.01. The molecule has 144 valence electrons. The summed E-state index contributed by atoms with van der Waals surface area (Å²) in [6, 6.07) is 6.91. The van der Waals surface area contributed by atoms with E-state index in [1.165, 1.54) is 4.90 Å². The number of aliphatic hydroxyl groups excluding tert-OH is 1. The minimum atomic E-state index is -2.69.